The first-order chi connectivity index (χ1) is 26.3. The van der Waals surface area contributed by atoms with Crippen molar-refractivity contribution in [3.05, 3.63) is 48.6 Å². The molecule has 0 fully saturated rings. The van der Waals surface area contributed by atoms with Crippen molar-refractivity contribution in [3.63, 3.8) is 0 Å². The van der Waals surface area contributed by atoms with E-state index in [4.69, 9.17) is 23.6 Å². The van der Waals surface area contributed by atoms with Crippen LogP contribution in [-0.2, 0) is 27.9 Å². The predicted molar refractivity (Wildman–Crippen MR) is 223 cm³/mol. The maximum Gasteiger partial charge on any atom is 0.472 e. The van der Waals surface area contributed by atoms with E-state index in [1.807, 2.05) is 0 Å². The van der Waals surface area contributed by atoms with Gasteiger partial charge in [0, 0.05) is 13.0 Å². The number of aliphatic hydroxyl groups is 2. The lowest BCUT2D eigenvalue weighted by molar-refractivity contribution is -0.154. The fraction of sp³-hybridized carbons (Fsp3) is 0.795. The molecule has 0 saturated carbocycles. The van der Waals surface area contributed by atoms with Crippen LogP contribution in [0.3, 0.4) is 0 Å². The lowest BCUT2D eigenvalue weighted by atomic mass is 10.0. The number of aliphatic hydroxyl groups excluding tert-OH is 2. The van der Waals surface area contributed by atoms with Crippen LogP contribution in [0, 0.1) is 0 Å². The quantitative estimate of drug-likeness (QED) is 0.0240. The number of phosphoric acid groups is 1. The zero-order valence-electron chi connectivity index (χ0n) is 34.4. The minimum absolute atomic E-state index is 0.0123. The van der Waals surface area contributed by atoms with E-state index in [2.05, 4.69) is 62.5 Å². The molecule has 316 valence electrons. The number of carbonyl (C=O) groups excluding carboxylic acids is 1. The molecule has 0 bridgehead atoms. The van der Waals surface area contributed by atoms with Gasteiger partial charge in [-0.15, -0.1) is 0 Å². The number of allylic oxidation sites excluding steroid dienone is 8. The Morgan fingerprint density at radius 3 is 1.52 bits per heavy atom. The predicted octanol–water partition coefficient (Wildman–Crippen LogP) is 11.8. The van der Waals surface area contributed by atoms with Gasteiger partial charge in [-0.25, -0.2) is 4.57 Å². The smallest absolute Gasteiger partial charge is 0.457 e. The summed E-state index contributed by atoms with van der Waals surface area (Å²) >= 11 is 0. The molecule has 0 aromatic carbocycles. The Morgan fingerprint density at radius 1 is 0.593 bits per heavy atom. The van der Waals surface area contributed by atoms with Gasteiger partial charge in [0.15, 0.2) is 0 Å². The molecule has 10 heteroatoms. The third kappa shape index (κ3) is 40.1. The zero-order valence-corrected chi connectivity index (χ0v) is 35.3. The van der Waals surface area contributed by atoms with Crippen LogP contribution in [0.2, 0.25) is 0 Å². The molecule has 0 amide bonds. The molecule has 0 aliphatic heterocycles. The van der Waals surface area contributed by atoms with Crippen molar-refractivity contribution in [1.29, 1.82) is 0 Å². The Balaban J connectivity index is 4.20. The Kier molecular flexibility index (Phi) is 39.9. The molecule has 0 rings (SSSR count). The molecule has 3 atom stereocenters. The number of esters is 1. The molecule has 3 N–H and O–H groups in total. The number of phosphoric ester groups is 1. The highest BCUT2D eigenvalue weighted by Crippen LogP contribution is 2.43. The van der Waals surface area contributed by atoms with Crippen molar-refractivity contribution < 1.29 is 43.0 Å². The molecule has 0 saturated heterocycles. The van der Waals surface area contributed by atoms with Gasteiger partial charge in [-0.3, -0.25) is 13.8 Å². The molecule has 0 aliphatic carbocycles. The SMILES string of the molecule is CC/C=C\C/C=C\C/C=C\C/C=C\CCCOCC(COP(=O)(O)OCC(O)CO)OC(=O)CCCCCCCCCCCCCCCCCCCCC. The zero-order chi connectivity index (χ0) is 39.6. The Labute approximate surface area is 330 Å². The summed E-state index contributed by atoms with van der Waals surface area (Å²) in [5, 5.41) is 18.3. The molecule has 0 aromatic heterocycles. The first kappa shape index (κ1) is 52.4. The number of hydrogen-bond acceptors (Lipinski definition) is 8. The molecule has 0 aliphatic rings. The standard InChI is InChI=1S/C44H81O9P/c1-3-5-7-9-11-13-15-17-19-20-21-22-23-24-26-28-30-32-34-36-44(47)53-43(41-52-54(48,49)51-39-42(46)38-45)40-50-37-35-33-31-29-27-25-18-16-14-12-10-8-6-4-2/h6,8,12,14,18,25,29,31,42-43,45-46H,3-5,7,9-11,13,15-17,19-24,26-28,30,32-41H2,1-2H3,(H,48,49)/b8-6-,14-12-,25-18-,31-29-. The van der Waals surface area contributed by atoms with Gasteiger partial charge in [-0.05, 0) is 44.9 Å². The van der Waals surface area contributed by atoms with E-state index in [0.29, 0.717) is 6.61 Å². The topological polar surface area (TPSA) is 132 Å². The molecule has 0 radical (unpaired) electrons. The van der Waals surface area contributed by atoms with Crippen LogP contribution in [0.5, 0.6) is 0 Å². The highest BCUT2D eigenvalue weighted by Gasteiger charge is 2.26. The summed E-state index contributed by atoms with van der Waals surface area (Å²) in [4.78, 5) is 22.6. The number of rotatable bonds is 41. The maximum atomic E-state index is 12.6. The van der Waals surface area contributed by atoms with Gasteiger partial charge >= 0.3 is 13.8 Å². The van der Waals surface area contributed by atoms with Gasteiger partial charge in [0.1, 0.15) is 12.2 Å². The number of hydrogen-bond donors (Lipinski definition) is 3. The van der Waals surface area contributed by atoms with Crippen molar-refractivity contribution in [2.24, 2.45) is 0 Å². The first-order valence-corrected chi connectivity index (χ1v) is 23.1. The van der Waals surface area contributed by atoms with Gasteiger partial charge in [-0.1, -0.05) is 178 Å². The summed E-state index contributed by atoms with van der Waals surface area (Å²) in [5.74, 6) is -0.400. The summed E-state index contributed by atoms with van der Waals surface area (Å²) in [6.45, 7) is 3.26. The van der Waals surface area contributed by atoms with Crippen LogP contribution >= 0.6 is 7.82 Å². The Morgan fingerprint density at radius 2 is 1.04 bits per heavy atom. The van der Waals surface area contributed by atoms with E-state index in [0.717, 1.165) is 57.8 Å². The van der Waals surface area contributed by atoms with Crippen molar-refractivity contribution in [2.75, 3.05) is 33.0 Å². The molecular weight excluding hydrogens is 703 g/mol. The van der Waals surface area contributed by atoms with E-state index in [1.165, 1.54) is 103 Å². The molecule has 0 heterocycles. The van der Waals surface area contributed by atoms with Gasteiger partial charge in [0.05, 0.1) is 26.4 Å². The number of carbonyl (C=O) groups is 1. The monoisotopic (exact) mass is 785 g/mol. The lowest BCUT2D eigenvalue weighted by Gasteiger charge is -2.20. The largest absolute Gasteiger partial charge is 0.472 e. The molecule has 0 spiro atoms. The molecule has 9 nitrogen and oxygen atoms in total. The van der Waals surface area contributed by atoms with Gasteiger partial charge in [0.2, 0.25) is 0 Å². The van der Waals surface area contributed by atoms with Crippen LogP contribution in [0.25, 0.3) is 0 Å². The summed E-state index contributed by atoms with van der Waals surface area (Å²) in [6, 6.07) is 0. The summed E-state index contributed by atoms with van der Waals surface area (Å²) in [7, 11) is -4.53. The van der Waals surface area contributed by atoms with E-state index >= 15 is 0 Å². The summed E-state index contributed by atoms with van der Waals surface area (Å²) < 4.78 is 33.3. The highest BCUT2D eigenvalue weighted by atomic mass is 31.2. The fourth-order valence-electron chi connectivity index (χ4n) is 5.77. The molecular formula is C44H81O9P. The van der Waals surface area contributed by atoms with Crippen molar-refractivity contribution in [3.8, 4) is 0 Å². The third-order valence-corrected chi connectivity index (χ3v) is 9.98. The van der Waals surface area contributed by atoms with Crippen LogP contribution in [0.15, 0.2) is 48.6 Å². The van der Waals surface area contributed by atoms with Crippen LogP contribution < -0.4 is 0 Å². The van der Waals surface area contributed by atoms with E-state index in [1.54, 1.807) is 0 Å². The average Bonchev–Trinajstić information content (AvgIpc) is 3.16. The normalized spacial score (nSPS) is 14.5. The van der Waals surface area contributed by atoms with E-state index < -0.39 is 45.8 Å². The Hall–Kier alpha value is -1.58. The average molecular weight is 785 g/mol. The van der Waals surface area contributed by atoms with Crippen molar-refractivity contribution >= 4 is 13.8 Å². The van der Waals surface area contributed by atoms with Crippen LogP contribution in [0.4, 0.5) is 0 Å². The number of unbranched alkanes of at least 4 members (excludes halogenated alkanes) is 19. The third-order valence-electron chi connectivity index (χ3n) is 9.03. The molecule has 54 heavy (non-hydrogen) atoms. The summed E-state index contributed by atoms with van der Waals surface area (Å²) in [6.07, 6.45) is 45.2. The second-order valence-corrected chi connectivity index (χ2v) is 15.8. The second-order valence-electron chi connectivity index (χ2n) is 14.3. The maximum absolute atomic E-state index is 12.6. The number of ether oxygens (including phenoxy) is 2. The van der Waals surface area contributed by atoms with Crippen molar-refractivity contribution in [2.45, 2.75) is 193 Å². The van der Waals surface area contributed by atoms with Gasteiger partial charge < -0.3 is 24.6 Å². The lowest BCUT2D eigenvalue weighted by Crippen LogP contribution is -2.29. The fourth-order valence-corrected chi connectivity index (χ4v) is 6.56. The van der Waals surface area contributed by atoms with Gasteiger partial charge in [0.25, 0.3) is 0 Å². The van der Waals surface area contributed by atoms with Crippen molar-refractivity contribution in [1.82, 2.24) is 0 Å². The van der Waals surface area contributed by atoms with E-state index in [9.17, 15) is 19.4 Å². The first-order valence-electron chi connectivity index (χ1n) is 21.6. The second kappa shape index (κ2) is 41.1. The minimum Gasteiger partial charge on any atom is -0.457 e. The minimum atomic E-state index is -4.53. The Bertz CT molecular complexity index is 981. The van der Waals surface area contributed by atoms with E-state index in [-0.39, 0.29) is 13.0 Å². The summed E-state index contributed by atoms with van der Waals surface area (Å²) in [5.41, 5.74) is 0. The van der Waals surface area contributed by atoms with Gasteiger partial charge in [-0.2, -0.15) is 0 Å². The van der Waals surface area contributed by atoms with Crippen LogP contribution in [0.1, 0.15) is 181 Å². The molecule has 0 aromatic rings. The molecule has 3 unspecified atom stereocenters. The van der Waals surface area contributed by atoms with Crippen LogP contribution in [-0.4, -0.2) is 66.3 Å². The highest BCUT2D eigenvalue weighted by molar-refractivity contribution is 7.47.